The van der Waals surface area contributed by atoms with Crippen LogP contribution in [0.2, 0.25) is 0 Å². The Morgan fingerprint density at radius 1 is 1.31 bits per heavy atom. The molecule has 1 atom stereocenters. The second kappa shape index (κ2) is 4.90. The van der Waals surface area contributed by atoms with E-state index in [0.29, 0.717) is 0 Å². The summed E-state index contributed by atoms with van der Waals surface area (Å²) in [6, 6.07) is 10.1. The van der Waals surface area contributed by atoms with Gasteiger partial charge in [-0.1, -0.05) is 37.3 Å². The molecule has 1 unspecified atom stereocenters. The highest BCUT2D eigenvalue weighted by Gasteiger charge is 2.08. The van der Waals surface area contributed by atoms with Gasteiger partial charge < -0.3 is 5.73 Å². The maximum absolute atomic E-state index is 5.87. The van der Waals surface area contributed by atoms with Crippen LogP contribution in [0.3, 0.4) is 0 Å². The van der Waals surface area contributed by atoms with Crippen LogP contribution in [0, 0.1) is 0 Å². The van der Waals surface area contributed by atoms with Crippen molar-refractivity contribution < 1.29 is 0 Å². The fraction of sp³-hybridized carbons (Fsp3) is 0.333. The van der Waals surface area contributed by atoms with Gasteiger partial charge in [0, 0.05) is 18.0 Å². The van der Waals surface area contributed by atoms with Crippen molar-refractivity contribution in [1.82, 2.24) is 15.2 Å². The van der Waals surface area contributed by atoms with Gasteiger partial charge in [-0.3, -0.25) is 5.10 Å². The highest BCUT2D eigenvalue weighted by molar-refractivity contribution is 5.53. The van der Waals surface area contributed by atoms with E-state index >= 15 is 0 Å². The van der Waals surface area contributed by atoms with E-state index in [1.54, 1.807) is 0 Å². The second-order valence-electron chi connectivity index (χ2n) is 3.84. The topological polar surface area (TPSA) is 67.6 Å². The highest BCUT2D eigenvalue weighted by Crippen LogP contribution is 2.13. The van der Waals surface area contributed by atoms with Crippen molar-refractivity contribution in [1.29, 1.82) is 0 Å². The highest BCUT2D eigenvalue weighted by atomic mass is 15.2. The van der Waals surface area contributed by atoms with Crippen molar-refractivity contribution in [3.8, 4) is 11.4 Å². The van der Waals surface area contributed by atoms with Crippen molar-refractivity contribution in [3.63, 3.8) is 0 Å². The van der Waals surface area contributed by atoms with Gasteiger partial charge in [0.15, 0.2) is 5.82 Å². The Morgan fingerprint density at radius 2 is 2.06 bits per heavy atom. The van der Waals surface area contributed by atoms with E-state index in [1.165, 1.54) is 0 Å². The molecule has 0 spiro atoms. The number of nitrogens with two attached hydrogens (primary N) is 1. The molecule has 0 saturated carbocycles. The lowest BCUT2D eigenvalue weighted by Gasteiger charge is -2.03. The maximum atomic E-state index is 5.87. The van der Waals surface area contributed by atoms with E-state index in [2.05, 4.69) is 22.1 Å². The lowest BCUT2D eigenvalue weighted by Crippen LogP contribution is -2.22. The fourth-order valence-electron chi connectivity index (χ4n) is 1.50. The molecule has 2 aromatic rings. The lowest BCUT2D eigenvalue weighted by molar-refractivity contribution is 0.626. The largest absolute Gasteiger partial charge is 0.327 e. The van der Waals surface area contributed by atoms with Crippen molar-refractivity contribution in [2.24, 2.45) is 5.73 Å². The minimum Gasteiger partial charge on any atom is -0.327 e. The van der Waals surface area contributed by atoms with Crippen LogP contribution in [-0.2, 0) is 6.42 Å². The standard InChI is InChI=1S/C12H16N4/c1-2-10(13)8-11-14-12(16-15-11)9-6-4-3-5-7-9/h3-7,10H,2,8,13H2,1H3,(H,14,15,16). The van der Waals surface area contributed by atoms with Crippen molar-refractivity contribution in [2.75, 3.05) is 0 Å². The number of aromatic nitrogens is 3. The molecule has 0 amide bonds. The maximum Gasteiger partial charge on any atom is 0.181 e. The predicted octanol–water partition coefficient (Wildman–Crippen LogP) is 1.75. The molecule has 3 N–H and O–H groups in total. The third-order valence-electron chi connectivity index (χ3n) is 2.54. The smallest absolute Gasteiger partial charge is 0.181 e. The molecule has 2 rings (SSSR count). The summed E-state index contributed by atoms with van der Waals surface area (Å²) in [7, 11) is 0. The fourth-order valence-corrected chi connectivity index (χ4v) is 1.50. The normalized spacial score (nSPS) is 12.6. The van der Waals surface area contributed by atoms with Gasteiger partial charge in [0.05, 0.1) is 0 Å². The summed E-state index contributed by atoms with van der Waals surface area (Å²) in [5.41, 5.74) is 6.89. The Kier molecular flexibility index (Phi) is 3.31. The molecule has 0 aliphatic heterocycles. The number of H-pyrrole nitrogens is 1. The van der Waals surface area contributed by atoms with Crippen LogP contribution in [0.1, 0.15) is 19.2 Å². The Balaban J connectivity index is 2.14. The number of rotatable bonds is 4. The SMILES string of the molecule is CCC(N)Cc1nc(-c2ccccc2)n[nH]1. The molecule has 0 aliphatic carbocycles. The Morgan fingerprint density at radius 3 is 2.75 bits per heavy atom. The van der Waals surface area contributed by atoms with Gasteiger partial charge in [0.2, 0.25) is 0 Å². The van der Waals surface area contributed by atoms with Crippen LogP contribution in [0.5, 0.6) is 0 Å². The average Bonchev–Trinajstić information content (AvgIpc) is 2.78. The molecular weight excluding hydrogens is 200 g/mol. The summed E-state index contributed by atoms with van der Waals surface area (Å²) in [6.45, 7) is 2.07. The summed E-state index contributed by atoms with van der Waals surface area (Å²) < 4.78 is 0. The molecule has 0 radical (unpaired) electrons. The minimum absolute atomic E-state index is 0.150. The van der Waals surface area contributed by atoms with E-state index in [0.717, 1.165) is 30.1 Å². The summed E-state index contributed by atoms with van der Waals surface area (Å²) in [4.78, 5) is 4.42. The quantitative estimate of drug-likeness (QED) is 0.818. The third kappa shape index (κ3) is 2.46. The first-order valence-electron chi connectivity index (χ1n) is 5.52. The number of nitrogens with zero attached hydrogens (tertiary/aromatic N) is 2. The minimum atomic E-state index is 0.150. The van der Waals surface area contributed by atoms with E-state index in [4.69, 9.17) is 5.73 Å². The molecule has 1 aromatic heterocycles. The first kappa shape index (κ1) is 10.8. The van der Waals surface area contributed by atoms with Crippen LogP contribution >= 0.6 is 0 Å². The summed E-state index contributed by atoms with van der Waals surface area (Å²) in [5.74, 6) is 1.59. The molecule has 16 heavy (non-hydrogen) atoms. The Bertz CT molecular complexity index is 435. The molecule has 1 aromatic carbocycles. The molecule has 0 saturated heterocycles. The summed E-state index contributed by atoms with van der Waals surface area (Å²) in [5, 5.41) is 7.11. The van der Waals surface area contributed by atoms with Gasteiger partial charge in [-0.05, 0) is 6.42 Å². The van der Waals surface area contributed by atoms with Gasteiger partial charge in [-0.15, -0.1) is 0 Å². The number of hydrogen-bond acceptors (Lipinski definition) is 3. The van der Waals surface area contributed by atoms with E-state index in [9.17, 15) is 0 Å². The van der Waals surface area contributed by atoms with Gasteiger partial charge in [-0.25, -0.2) is 4.98 Å². The predicted molar refractivity (Wildman–Crippen MR) is 63.8 cm³/mol. The van der Waals surface area contributed by atoms with Crippen molar-refractivity contribution in [3.05, 3.63) is 36.2 Å². The number of aromatic amines is 1. The summed E-state index contributed by atoms with van der Waals surface area (Å²) >= 11 is 0. The zero-order chi connectivity index (χ0) is 11.4. The Labute approximate surface area is 94.9 Å². The first-order chi connectivity index (χ1) is 7.79. The monoisotopic (exact) mass is 216 g/mol. The van der Waals surface area contributed by atoms with Crippen LogP contribution in [-0.4, -0.2) is 21.2 Å². The van der Waals surface area contributed by atoms with E-state index in [1.807, 2.05) is 30.3 Å². The van der Waals surface area contributed by atoms with Gasteiger partial charge in [-0.2, -0.15) is 5.10 Å². The van der Waals surface area contributed by atoms with Crippen LogP contribution in [0.4, 0.5) is 0 Å². The van der Waals surface area contributed by atoms with Gasteiger partial charge >= 0.3 is 0 Å². The summed E-state index contributed by atoms with van der Waals surface area (Å²) in [6.07, 6.45) is 1.69. The number of nitrogens with one attached hydrogen (secondary N) is 1. The van der Waals surface area contributed by atoms with Crippen LogP contribution in [0.25, 0.3) is 11.4 Å². The average molecular weight is 216 g/mol. The molecule has 84 valence electrons. The van der Waals surface area contributed by atoms with Crippen LogP contribution < -0.4 is 5.73 Å². The number of benzene rings is 1. The molecule has 4 heteroatoms. The van der Waals surface area contributed by atoms with Crippen molar-refractivity contribution >= 4 is 0 Å². The van der Waals surface area contributed by atoms with Crippen LogP contribution in [0.15, 0.2) is 30.3 Å². The molecule has 0 bridgehead atoms. The number of hydrogen-bond donors (Lipinski definition) is 2. The van der Waals surface area contributed by atoms with E-state index in [-0.39, 0.29) is 6.04 Å². The zero-order valence-electron chi connectivity index (χ0n) is 9.35. The van der Waals surface area contributed by atoms with Crippen molar-refractivity contribution in [2.45, 2.75) is 25.8 Å². The molecular formula is C12H16N4. The first-order valence-corrected chi connectivity index (χ1v) is 5.52. The van der Waals surface area contributed by atoms with Gasteiger partial charge in [0.25, 0.3) is 0 Å². The molecule has 0 fully saturated rings. The zero-order valence-corrected chi connectivity index (χ0v) is 9.35. The Hall–Kier alpha value is -1.68. The molecule has 1 heterocycles. The molecule has 4 nitrogen and oxygen atoms in total. The lowest BCUT2D eigenvalue weighted by atomic mass is 10.1. The van der Waals surface area contributed by atoms with Gasteiger partial charge in [0.1, 0.15) is 5.82 Å². The van der Waals surface area contributed by atoms with E-state index < -0.39 is 0 Å². The second-order valence-corrected chi connectivity index (χ2v) is 3.84. The molecule has 0 aliphatic rings. The third-order valence-corrected chi connectivity index (χ3v) is 2.54.